The molecule has 1 aromatic rings. The van der Waals surface area contributed by atoms with Gasteiger partial charge in [-0.25, -0.2) is 4.79 Å². The number of aliphatic carboxylic acids is 1. The van der Waals surface area contributed by atoms with Crippen molar-refractivity contribution in [2.24, 2.45) is 5.92 Å². The Morgan fingerprint density at radius 3 is 2.48 bits per heavy atom. The summed E-state index contributed by atoms with van der Waals surface area (Å²) in [5, 5.41) is 11.9. The second kappa shape index (κ2) is 7.81. The standard InChI is InChI=1S/C17H23NO3/c19-16(11-10-13-6-4-5-7-13)18-15(17(20)21)12-14-8-2-1-3-9-14/h1-3,8-9,13,15H,4-7,10-12H2,(H,18,19)(H,20,21). The van der Waals surface area contributed by atoms with Crippen molar-refractivity contribution in [3.8, 4) is 0 Å². The summed E-state index contributed by atoms with van der Waals surface area (Å²) in [5.74, 6) is -0.480. The highest BCUT2D eigenvalue weighted by atomic mass is 16.4. The van der Waals surface area contributed by atoms with Crippen LogP contribution >= 0.6 is 0 Å². The van der Waals surface area contributed by atoms with Crippen molar-refractivity contribution in [2.45, 2.75) is 51.0 Å². The van der Waals surface area contributed by atoms with Gasteiger partial charge in [0.05, 0.1) is 0 Å². The first-order valence-electron chi connectivity index (χ1n) is 7.71. The van der Waals surface area contributed by atoms with E-state index in [9.17, 15) is 14.7 Å². The molecule has 0 spiro atoms. The highest BCUT2D eigenvalue weighted by Crippen LogP contribution is 2.28. The van der Waals surface area contributed by atoms with E-state index in [1.807, 2.05) is 30.3 Å². The average molecular weight is 289 g/mol. The van der Waals surface area contributed by atoms with E-state index in [0.717, 1.165) is 12.0 Å². The molecule has 21 heavy (non-hydrogen) atoms. The van der Waals surface area contributed by atoms with Crippen LogP contribution in [0.4, 0.5) is 0 Å². The van der Waals surface area contributed by atoms with E-state index in [1.54, 1.807) is 0 Å². The van der Waals surface area contributed by atoms with Gasteiger partial charge in [0.1, 0.15) is 6.04 Å². The molecule has 0 heterocycles. The van der Waals surface area contributed by atoms with Gasteiger partial charge in [-0.05, 0) is 17.9 Å². The molecule has 0 saturated heterocycles. The van der Waals surface area contributed by atoms with Gasteiger partial charge < -0.3 is 10.4 Å². The summed E-state index contributed by atoms with van der Waals surface area (Å²) in [4.78, 5) is 23.2. The smallest absolute Gasteiger partial charge is 0.326 e. The van der Waals surface area contributed by atoms with Gasteiger partial charge in [0.2, 0.25) is 5.91 Å². The van der Waals surface area contributed by atoms with Gasteiger partial charge in [0, 0.05) is 12.8 Å². The lowest BCUT2D eigenvalue weighted by atomic mass is 10.0. The Balaban J connectivity index is 1.81. The molecule has 4 nitrogen and oxygen atoms in total. The van der Waals surface area contributed by atoms with E-state index in [-0.39, 0.29) is 5.91 Å². The van der Waals surface area contributed by atoms with Gasteiger partial charge in [-0.3, -0.25) is 4.79 Å². The van der Waals surface area contributed by atoms with Crippen molar-refractivity contribution >= 4 is 11.9 Å². The molecule has 1 aliphatic rings. The molecule has 1 unspecified atom stereocenters. The molecular formula is C17H23NO3. The molecule has 0 radical (unpaired) electrons. The fourth-order valence-electron chi connectivity index (χ4n) is 2.95. The van der Waals surface area contributed by atoms with Crippen LogP contribution < -0.4 is 5.32 Å². The average Bonchev–Trinajstić information content (AvgIpc) is 2.99. The first-order valence-corrected chi connectivity index (χ1v) is 7.71. The minimum absolute atomic E-state index is 0.148. The number of carbonyl (C=O) groups excluding carboxylic acids is 1. The van der Waals surface area contributed by atoms with E-state index in [4.69, 9.17) is 0 Å². The number of nitrogens with one attached hydrogen (secondary N) is 1. The summed E-state index contributed by atoms with van der Waals surface area (Å²) in [5.41, 5.74) is 0.918. The Morgan fingerprint density at radius 2 is 1.86 bits per heavy atom. The van der Waals surface area contributed by atoms with Crippen molar-refractivity contribution in [1.29, 1.82) is 0 Å². The lowest BCUT2D eigenvalue weighted by Gasteiger charge is -2.15. The minimum atomic E-state index is -0.979. The number of amides is 1. The molecule has 1 fully saturated rings. The number of carboxylic acid groups (broad SMARTS) is 1. The molecule has 1 amide bonds. The molecule has 0 aliphatic heterocycles. The van der Waals surface area contributed by atoms with Crippen LogP contribution in [0.15, 0.2) is 30.3 Å². The van der Waals surface area contributed by atoms with E-state index in [0.29, 0.717) is 18.8 Å². The van der Waals surface area contributed by atoms with Crippen LogP contribution in [0.3, 0.4) is 0 Å². The van der Waals surface area contributed by atoms with E-state index < -0.39 is 12.0 Å². The molecule has 1 saturated carbocycles. The molecule has 2 N–H and O–H groups in total. The van der Waals surface area contributed by atoms with E-state index in [2.05, 4.69) is 5.32 Å². The zero-order valence-electron chi connectivity index (χ0n) is 12.3. The van der Waals surface area contributed by atoms with Gasteiger partial charge >= 0.3 is 5.97 Å². The molecule has 0 aromatic heterocycles. The fraction of sp³-hybridized carbons (Fsp3) is 0.529. The maximum Gasteiger partial charge on any atom is 0.326 e. The fourth-order valence-corrected chi connectivity index (χ4v) is 2.95. The van der Waals surface area contributed by atoms with Crippen LogP contribution in [0.25, 0.3) is 0 Å². The summed E-state index contributed by atoms with van der Waals surface area (Å²) >= 11 is 0. The molecule has 1 aromatic carbocycles. The second-order valence-electron chi connectivity index (χ2n) is 5.84. The van der Waals surface area contributed by atoms with E-state index >= 15 is 0 Å². The normalized spacial score (nSPS) is 16.6. The predicted octanol–water partition coefficient (Wildman–Crippen LogP) is 2.77. The quantitative estimate of drug-likeness (QED) is 0.811. The van der Waals surface area contributed by atoms with Crippen LogP contribution in [0, 0.1) is 5.92 Å². The number of hydrogen-bond acceptors (Lipinski definition) is 2. The minimum Gasteiger partial charge on any atom is -0.480 e. The Bertz CT molecular complexity index is 466. The number of carbonyl (C=O) groups is 2. The zero-order chi connectivity index (χ0) is 15.1. The first-order chi connectivity index (χ1) is 10.1. The van der Waals surface area contributed by atoms with Crippen LogP contribution in [-0.4, -0.2) is 23.0 Å². The van der Waals surface area contributed by atoms with Crippen molar-refractivity contribution in [1.82, 2.24) is 5.32 Å². The highest BCUT2D eigenvalue weighted by molar-refractivity contribution is 5.83. The summed E-state index contributed by atoms with van der Waals surface area (Å²) in [7, 11) is 0. The number of carboxylic acids is 1. The first kappa shape index (κ1) is 15.5. The summed E-state index contributed by atoms with van der Waals surface area (Å²) in [6, 6.07) is 8.54. The maximum absolute atomic E-state index is 11.9. The van der Waals surface area contributed by atoms with Crippen molar-refractivity contribution in [2.75, 3.05) is 0 Å². The monoisotopic (exact) mass is 289 g/mol. The number of rotatable bonds is 7. The molecule has 0 bridgehead atoms. The second-order valence-corrected chi connectivity index (χ2v) is 5.84. The third-order valence-corrected chi connectivity index (χ3v) is 4.17. The summed E-state index contributed by atoms with van der Waals surface area (Å²) in [6.07, 6.45) is 6.58. The molecule has 114 valence electrons. The Morgan fingerprint density at radius 1 is 1.19 bits per heavy atom. The third-order valence-electron chi connectivity index (χ3n) is 4.17. The van der Waals surface area contributed by atoms with Gasteiger partial charge in [0.15, 0.2) is 0 Å². The predicted molar refractivity (Wildman–Crippen MR) is 80.9 cm³/mol. The Kier molecular flexibility index (Phi) is 5.78. The Hall–Kier alpha value is -1.84. The lowest BCUT2D eigenvalue weighted by Crippen LogP contribution is -2.42. The third kappa shape index (κ3) is 5.21. The van der Waals surface area contributed by atoms with Crippen LogP contribution in [-0.2, 0) is 16.0 Å². The number of hydrogen-bond donors (Lipinski definition) is 2. The van der Waals surface area contributed by atoms with Gasteiger partial charge in [0.25, 0.3) is 0 Å². The van der Waals surface area contributed by atoms with Crippen molar-refractivity contribution in [3.63, 3.8) is 0 Å². The molecule has 2 rings (SSSR count). The maximum atomic E-state index is 11.9. The number of benzene rings is 1. The van der Waals surface area contributed by atoms with Crippen LogP contribution in [0.5, 0.6) is 0 Å². The topological polar surface area (TPSA) is 66.4 Å². The lowest BCUT2D eigenvalue weighted by molar-refractivity contribution is -0.141. The van der Waals surface area contributed by atoms with Crippen molar-refractivity contribution in [3.05, 3.63) is 35.9 Å². The highest BCUT2D eigenvalue weighted by Gasteiger charge is 2.21. The largest absolute Gasteiger partial charge is 0.480 e. The SMILES string of the molecule is O=C(CCC1CCCC1)NC(Cc1ccccc1)C(=O)O. The molecular weight excluding hydrogens is 266 g/mol. The van der Waals surface area contributed by atoms with Gasteiger partial charge in [-0.2, -0.15) is 0 Å². The molecule has 4 heteroatoms. The van der Waals surface area contributed by atoms with Gasteiger partial charge in [-0.15, -0.1) is 0 Å². The molecule has 1 aliphatic carbocycles. The summed E-state index contributed by atoms with van der Waals surface area (Å²) < 4.78 is 0. The van der Waals surface area contributed by atoms with Crippen molar-refractivity contribution < 1.29 is 14.7 Å². The summed E-state index contributed by atoms with van der Waals surface area (Å²) in [6.45, 7) is 0. The zero-order valence-corrected chi connectivity index (χ0v) is 12.3. The van der Waals surface area contributed by atoms with E-state index in [1.165, 1.54) is 25.7 Å². The van der Waals surface area contributed by atoms with Crippen LogP contribution in [0.1, 0.15) is 44.1 Å². The molecule has 1 atom stereocenters. The van der Waals surface area contributed by atoms with Gasteiger partial charge in [-0.1, -0.05) is 56.0 Å². The van der Waals surface area contributed by atoms with Crippen LogP contribution in [0.2, 0.25) is 0 Å². The Labute approximate surface area is 125 Å².